The van der Waals surface area contributed by atoms with Crippen molar-refractivity contribution in [2.45, 2.75) is 11.3 Å². The Morgan fingerprint density at radius 3 is 2.42 bits per heavy atom. The van der Waals surface area contributed by atoms with Crippen LogP contribution in [0.2, 0.25) is 5.02 Å². The molecule has 1 aromatic heterocycles. The van der Waals surface area contributed by atoms with E-state index in [0.29, 0.717) is 23.8 Å². The Labute approximate surface area is 189 Å². The van der Waals surface area contributed by atoms with Gasteiger partial charge in [0.15, 0.2) is 0 Å². The molecule has 1 aliphatic heterocycles. The van der Waals surface area contributed by atoms with Crippen LogP contribution in [0.1, 0.15) is 5.69 Å². The number of carbonyl (C=O) groups excluding carboxylic acids is 1. The summed E-state index contributed by atoms with van der Waals surface area (Å²) in [6, 6.07) is 12.2. The zero-order valence-corrected chi connectivity index (χ0v) is 18.8. The second-order valence-corrected chi connectivity index (χ2v) is 10.2. The van der Waals surface area contributed by atoms with Crippen LogP contribution in [0.15, 0.2) is 58.8 Å². The van der Waals surface area contributed by atoms with Crippen LogP contribution in [0.3, 0.4) is 0 Å². The predicted octanol–water partition coefficient (Wildman–Crippen LogP) is 3.68. The second-order valence-electron chi connectivity index (χ2n) is 7.04. The average Bonchev–Trinajstić information content (AvgIpc) is 3.22. The van der Waals surface area contributed by atoms with Gasteiger partial charge in [0, 0.05) is 37.1 Å². The van der Waals surface area contributed by atoms with Crippen LogP contribution in [0.5, 0.6) is 0 Å². The molecule has 2 aromatic carbocycles. The van der Waals surface area contributed by atoms with E-state index in [2.05, 4.69) is 4.98 Å². The summed E-state index contributed by atoms with van der Waals surface area (Å²) in [4.78, 5) is 18.9. The van der Waals surface area contributed by atoms with Crippen molar-refractivity contribution in [2.24, 2.45) is 0 Å². The van der Waals surface area contributed by atoms with E-state index in [-0.39, 0.29) is 30.3 Å². The summed E-state index contributed by atoms with van der Waals surface area (Å²) in [5.74, 6) is -0.594. The highest BCUT2D eigenvalue weighted by Crippen LogP contribution is 2.30. The van der Waals surface area contributed by atoms with Gasteiger partial charge in [-0.25, -0.2) is 17.8 Å². The van der Waals surface area contributed by atoms with Crippen LogP contribution in [-0.2, 0) is 21.2 Å². The number of piperazine rings is 1. The molecule has 10 heteroatoms. The first-order valence-corrected chi connectivity index (χ1v) is 12.3. The fraction of sp³-hybridized carbons (Fsp3) is 0.238. The van der Waals surface area contributed by atoms with Crippen LogP contribution >= 0.6 is 22.9 Å². The van der Waals surface area contributed by atoms with Crippen LogP contribution in [0.25, 0.3) is 10.6 Å². The molecule has 0 aliphatic carbocycles. The average molecular weight is 480 g/mol. The third kappa shape index (κ3) is 4.79. The van der Waals surface area contributed by atoms with E-state index in [1.165, 1.54) is 27.8 Å². The molecule has 1 saturated heterocycles. The fourth-order valence-corrected chi connectivity index (χ4v) is 5.91. The lowest BCUT2D eigenvalue weighted by Crippen LogP contribution is -2.50. The molecule has 0 bridgehead atoms. The molecule has 1 fully saturated rings. The van der Waals surface area contributed by atoms with Crippen LogP contribution in [0.4, 0.5) is 4.39 Å². The second kappa shape index (κ2) is 9.04. The van der Waals surface area contributed by atoms with E-state index in [1.807, 2.05) is 23.6 Å². The Hall–Kier alpha value is -2.33. The van der Waals surface area contributed by atoms with E-state index >= 15 is 0 Å². The topological polar surface area (TPSA) is 70.6 Å². The van der Waals surface area contributed by atoms with Crippen molar-refractivity contribution in [1.82, 2.24) is 14.2 Å². The van der Waals surface area contributed by atoms with Gasteiger partial charge in [0.1, 0.15) is 10.8 Å². The standard InChI is InChI=1S/C21H19ClFN3O3S2/c22-19-4-2-1-3-18(19)21-24-16(14-30-21)13-20(27)25-9-11-26(12-10-25)31(28,29)17-7-5-15(23)6-8-17/h1-8,14H,9-13H2. The number of halogens is 2. The summed E-state index contributed by atoms with van der Waals surface area (Å²) in [6.07, 6.45) is 0.145. The van der Waals surface area contributed by atoms with Gasteiger partial charge in [0.25, 0.3) is 0 Å². The SMILES string of the molecule is O=C(Cc1csc(-c2ccccc2Cl)n1)N1CCN(S(=O)(=O)c2ccc(F)cc2)CC1. The minimum atomic E-state index is -3.71. The molecule has 162 valence electrons. The zero-order chi connectivity index (χ0) is 22.0. The molecule has 1 aliphatic rings. The monoisotopic (exact) mass is 479 g/mol. The first kappa shape index (κ1) is 21.9. The maximum Gasteiger partial charge on any atom is 0.243 e. The highest BCUT2D eigenvalue weighted by molar-refractivity contribution is 7.89. The number of benzene rings is 2. The van der Waals surface area contributed by atoms with Gasteiger partial charge in [-0.1, -0.05) is 29.8 Å². The molecule has 0 N–H and O–H groups in total. The zero-order valence-electron chi connectivity index (χ0n) is 16.4. The Morgan fingerprint density at radius 1 is 1.06 bits per heavy atom. The minimum absolute atomic E-state index is 0.0447. The highest BCUT2D eigenvalue weighted by Gasteiger charge is 2.30. The van der Waals surface area contributed by atoms with Gasteiger partial charge < -0.3 is 4.90 Å². The molecule has 0 saturated carbocycles. The molecule has 0 unspecified atom stereocenters. The molecule has 4 rings (SSSR count). The van der Waals surface area contributed by atoms with Crippen molar-refractivity contribution in [3.8, 4) is 10.6 Å². The fourth-order valence-electron chi connectivity index (χ4n) is 3.35. The Morgan fingerprint density at radius 2 is 1.74 bits per heavy atom. The molecule has 6 nitrogen and oxygen atoms in total. The number of thiazole rings is 1. The molecule has 0 atom stereocenters. The van der Waals surface area contributed by atoms with Gasteiger partial charge in [-0.2, -0.15) is 4.31 Å². The van der Waals surface area contributed by atoms with Crippen molar-refractivity contribution >= 4 is 38.9 Å². The number of rotatable bonds is 5. The van der Waals surface area contributed by atoms with Gasteiger partial charge in [0.2, 0.25) is 15.9 Å². The van der Waals surface area contributed by atoms with E-state index in [4.69, 9.17) is 11.6 Å². The molecule has 3 aromatic rings. The van der Waals surface area contributed by atoms with Gasteiger partial charge in [-0.05, 0) is 30.3 Å². The first-order chi connectivity index (χ1) is 14.8. The van der Waals surface area contributed by atoms with Gasteiger partial charge >= 0.3 is 0 Å². The Kier molecular flexibility index (Phi) is 6.38. The van der Waals surface area contributed by atoms with Crippen LogP contribution < -0.4 is 0 Å². The van der Waals surface area contributed by atoms with Crippen molar-refractivity contribution < 1.29 is 17.6 Å². The highest BCUT2D eigenvalue weighted by atomic mass is 35.5. The summed E-state index contributed by atoms with van der Waals surface area (Å²) in [5.41, 5.74) is 1.48. The van der Waals surface area contributed by atoms with E-state index < -0.39 is 15.8 Å². The molecule has 0 radical (unpaired) electrons. The number of aromatic nitrogens is 1. The number of hydrogen-bond acceptors (Lipinski definition) is 5. The largest absolute Gasteiger partial charge is 0.340 e. The quantitative estimate of drug-likeness (QED) is 0.559. The normalized spacial score (nSPS) is 15.2. The third-order valence-corrected chi connectivity index (χ3v) is 8.20. The van der Waals surface area contributed by atoms with Crippen molar-refractivity contribution in [1.29, 1.82) is 0 Å². The maximum absolute atomic E-state index is 13.1. The maximum atomic E-state index is 13.1. The van der Waals surface area contributed by atoms with Crippen LogP contribution in [-0.4, -0.2) is 54.7 Å². The minimum Gasteiger partial charge on any atom is -0.340 e. The van der Waals surface area contributed by atoms with Crippen molar-refractivity contribution in [3.63, 3.8) is 0 Å². The smallest absolute Gasteiger partial charge is 0.243 e. The van der Waals surface area contributed by atoms with E-state index in [9.17, 15) is 17.6 Å². The number of carbonyl (C=O) groups is 1. The van der Waals surface area contributed by atoms with Gasteiger partial charge in [-0.15, -0.1) is 11.3 Å². The lowest BCUT2D eigenvalue weighted by Gasteiger charge is -2.34. The Balaban J connectivity index is 1.37. The summed E-state index contributed by atoms with van der Waals surface area (Å²) in [6.45, 7) is 0.961. The molecule has 1 amide bonds. The summed E-state index contributed by atoms with van der Waals surface area (Å²) < 4.78 is 39.8. The van der Waals surface area contributed by atoms with E-state index in [0.717, 1.165) is 22.7 Å². The number of nitrogens with zero attached hydrogens (tertiary/aromatic N) is 3. The first-order valence-electron chi connectivity index (χ1n) is 9.57. The molecule has 31 heavy (non-hydrogen) atoms. The van der Waals surface area contributed by atoms with Gasteiger partial charge in [-0.3, -0.25) is 4.79 Å². The van der Waals surface area contributed by atoms with Crippen molar-refractivity contribution in [3.05, 3.63) is 70.4 Å². The number of amides is 1. The Bertz CT molecular complexity index is 1190. The lowest BCUT2D eigenvalue weighted by atomic mass is 10.2. The molecular weight excluding hydrogens is 461 g/mol. The van der Waals surface area contributed by atoms with Crippen molar-refractivity contribution in [2.75, 3.05) is 26.2 Å². The van der Waals surface area contributed by atoms with E-state index in [1.54, 1.807) is 11.0 Å². The summed E-state index contributed by atoms with van der Waals surface area (Å²) in [5, 5.41) is 3.20. The summed E-state index contributed by atoms with van der Waals surface area (Å²) >= 11 is 7.64. The summed E-state index contributed by atoms with van der Waals surface area (Å²) in [7, 11) is -3.71. The van der Waals surface area contributed by atoms with Crippen LogP contribution in [0, 0.1) is 5.82 Å². The predicted molar refractivity (Wildman–Crippen MR) is 118 cm³/mol. The molecule has 0 spiro atoms. The number of sulfonamides is 1. The molecule has 2 heterocycles. The van der Waals surface area contributed by atoms with Gasteiger partial charge in [0.05, 0.1) is 22.0 Å². The third-order valence-electron chi connectivity index (χ3n) is 5.03. The number of hydrogen-bond donors (Lipinski definition) is 0. The molecular formula is C21H19ClFN3O3S2. The lowest BCUT2D eigenvalue weighted by molar-refractivity contribution is -0.131.